The van der Waals surface area contributed by atoms with E-state index in [-0.39, 0.29) is 13.0 Å². The first-order valence-corrected chi connectivity index (χ1v) is 13.6. The molecule has 12 heteroatoms. The summed E-state index contributed by atoms with van der Waals surface area (Å²) in [6.45, 7) is 1.63. The summed E-state index contributed by atoms with van der Waals surface area (Å²) < 4.78 is 31.1. The van der Waals surface area contributed by atoms with E-state index in [1.54, 1.807) is 0 Å². The average Bonchev–Trinajstić information content (AvgIpc) is 2.79. The second-order valence-electron chi connectivity index (χ2n) is 8.19. The smallest absolute Gasteiger partial charge is 0.472 e. The Bertz CT molecular complexity index is 685. The van der Waals surface area contributed by atoms with Crippen LogP contribution in [0.15, 0.2) is 12.2 Å². The minimum absolute atomic E-state index is 0.147. The number of carboxylic acids is 1. The van der Waals surface area contributed by atoms with E-state index >= 15 is 0 Å². The number of rotatable bonds is 22. The molecule has 0 amide bonds. The number of allylic oxidation sites excluding steroid dienone is 2. The fourth-order valence-electron chi connectivity index (χ4n) is 2.84. The molecule has 204 valence electrons. The van der Waals surface area contributed by atoms with Gasteiger partial charge in [-0.1, -0.05) is 51.2 Å². The molecule has 0 aromatic rings. The number of hydrogen-bond donors (Lipinski definition) is 3. The van der Waals surface area contributed by atoms with Crippen LogP contribution < -0.4 is 5.73 Å². The summed E-state index contributed by atoms with van der Waals surface area (Å²) >= 11 is 0. The van der Waals surface area contributed by atoms with Crippen LogP contribution in [0.25, 0.3) is 0 Å². The maximum absolute atomic E-state index is 12.1. The molecular formula is C23H42NO10P. The van der Waals surface area contributed by atoms with Crippen molar-refractivity contribution in [2.75, 3.05) is 19.8 Å². The Hall–Kier alpha value is -1.78. The van der Waals surface area contributed by atoms with Gasteiger partial charge in [0.15, 0.2) is 6.10 Å². The van der Waals surface area contributed by atoms with E-state index in [0.29, 0.717) is 6.42 Å². The standard InChI is InChI=1S/C23H42NO10P/c1-3-4-5-6-7-8-9-10-11-12-13-14-15-22(26)34-20(16-31-19(2)25)17-32-35(29,30)33-18-21(24)23(27)28/h7-8,20-21H,3-6,9-18,24H2,1-2H3,(H,27,28)(H,29,30)/b8-7-. The van der Waals surface area contributed by atoms with E-state index in [9.17, 15) is 23.8 Å². The largest absolute Gasteiger partial charge is 0.480 e. The summed E-state index contributed by atoms with van der Waals surface area (Å²) in [5.41, 5.74) is 5.20. The fourth-order valence-corrected chi connectivity index (χ4v) is 3.62. The SMILES string of the molecule is CCCCC/C=C\CCCCCCCC(=O)OC(COC(C)=O)COP(=O)(O)OCC(N)C(=O)O. The first-order chi connectivity index (χ1) is 16.6. The van der Waals surface area contributed by atoms with Crippen LogP contribution in [-0.2, 0) is 37.5 Å². The zero-order valence-electron chi connectivity index (χ0n) is 20.9. The van der Waals surface area contributed by atoms with Crippen molar-refractivity contribution in [2.45, 2.75) is 96.6 Å². The molecule has 0 radical (unpaired) electrons. The number of phosphoric acid groups is 1. The monoisotopic (exact) mass is 523 g/mol. The maximum Gasteiger partial charge on any atom is 0.472 e. The number of esters is 2. The number of carboxylic acid groups (broad SMARTS) is 1. The fraction of sp³-hybridized carbons (Fsp3) is 0.783. The van der Waals surface area contributed by atoms with E-state index in [1.165, 1.54) is 19.3 Å². The third-order valence-electron chi connectivity index (χ3n) is 4.82. The highest BCUT2D eigenvalue weighted by molar-refractivity contribution is 7.47. The molecule has 3 unspecified atom stereocenters. The van der Waals surface area contributed by atoms with Crippen molar-refractivity contribution in [3.63, 3.8) is 0 Å². The first-order valence-electron chi connectivity index (χ1n) is 12.2. The molecule has 0 aliphatic heterocycles. The van der Waals surface area contributed by atoms with Crippen LogP contribution in [-0.4, -0.2) is 59.9 Å². The molecule has 11 nitrogen and oxygen atoms in total. The Morgan fingerprint density at radius 1 is 0.914 bits per heavy atom. The zero-order valence-corrected chi connectivity index (χ0v) is 21.8. The lowest BCUT2D eigenvalue weighted by molar-refractivity contribution is -0.160. The molecule has 0 heterocycles. The van der Waals surface area contributed by atoms with Gasteiger partial charge in [-0.3, -0.25) is 23.4 Å². The van der Waals surface area contributed by atoms with Crippen molar-refractivity contribution < 1.29 is 47.5 Å². The highest BCUT2D eigenvalue weighted by Crippen LogP contribution is 2.43. The third-order valence-corrected chi connectivity index (χ3v) is 5.77. The number of carbonyl (C=O) groups excluding carboxylic acids is 2. The Morgan fingerprint density at radius 2 is 1.49 bits per heavy atom. The maximum atomic E-state index is 12.1. The normalized spacial score (nSPS) is 14.9. The van der Waals surface area contributed by atoms with Crippen LogP contribution in [0, 0.1) is 0 Å². The van der Waals surface area contributed by atoms with E-state index < -0.39 is 51.1 Å². The van der Waals surface area contributed by atoms with Crippen LogP contribution in [0.3, 0.4) is 0 Å². The van der Waals surface area contributed by atoms with Gasteiger partial charge in [-0.2, -0.15) is 0 Å². The lowest BCUT2D eigenvalue weighted by Gasteiger charge is -2.20. The van der Waals surface area contributed by atoms with Gasteiger partial charge in [0, 0.05) is 13.3 Å². The highest BCUT2D eigenvalue weighted by atomic mass is 31.2. The Labute approximate surface area is 207 Å². The molecule has 0 aliphatic carbocycles. The summed E-state index contributed by atoms with van der Waals surface area (Å²) in [5, 5.41) is 8.68. The third kappa shape index (κ3) is 21.2. The molecule has 0 saturated heterocycles. The highest BCUT2D eigenvalue weighted by Gasteiger charge is 2.27. The Morgan fingerprint density at radius 3 is 2.09 bits per heavy atom. The summed E-state index contributed by atoms with van der Waals surface area (Å²) in [6, 6.07) is -1.51. The van der Waals surface area contributed by atoms with Crippen molar-refractivity contribution in [1.29, 1.82) is 0 Å². The lowest BCUT2D eigenvalue weighted by atomic mass is 10.1. The van der Waals surface area contributed by atoms with Crippen molar-refractivity contribution in [2.24, 2.45) is 5.73 Å². The number of hydrogen-bond acceptors (Lipinski definition) is 9. The van der Waals surface area contributed by atoms with Gasteiger partial charge >= 0.3 is 25.7 Å². The molecule has 35 heavy (non-hydrogen) atoms. The van der Waals surface area contributed by atoms with E-state index in [0.717, 1.165) is 45.4 Å². The Kier molecular flexibility index (Phi) is 19.4. The van der Waals surface area contributed by atoms with Crippen LogP contribution in [0.1, 0.15) is 84.5 Å². The number of nitrogens with two attached hydrogens (primary N) is 1. The summed E-state index contributed by atoms with van der Waals surface area (Å²) in [7, 11) is -4.66. The predicted molar refractivity (Wildman–Crippen MR) is 129 cm³/mol. The number of ether oxygens (including phenoxy) is 2. The molecule has 0 saturated carbocycles. The van der Waals surface area contributed by atoms with Gasteiger partial charge in [0.05, 0.1) is 13.2 Å². The second-order valence-corrected chi connectivity index (χ2v) is 9.65. The lowest BCUT2D eigenvalue weighted by Crippen LogP contribution is -2.34. The van der Waals surface area contributed by atoms with Gasteiger partial charge in [-0.15, -0.1) is 0 Å². The molecule has 0 spiro atoms. The van der Waals surface area contributed by atoms with Crippen LogP contribution in [0.5, 0.6) is 0 Å². The van der Waals surface area contributed by atoms with Crippen molar-refractivity contribution in [1.82, 2.24) is 0 Å². The quantitative estimate of drug-likeness (QED) is 0.0814. The van der Waals surface area contributed by atoms with E-state index in [1.807, 2.05) is 0 Å². The summed E-state index contributed by atoms with van der Waals surface area (Å²) in [5.74, 6) is -2.60. The summed E-state index contributed by atoms with van der Waals surface area (Å²) in [4.78, 5) is 43.5. The van der Waals surface area contributed by atoms with Crippen LogP contribution >= 0.6 is 7.82 Å². The predicted octanol–water partition coefficient (Wildman–Crippen LogP) is 3.87. The molecule has 0 rings (SSSR count). The van der Waals surface area contributed by atoms with Crippen molar-refractivity contribution in [3.8, 4) is 0 Å². The molecule has 0 fully saturated rings. The minimum atomic E-state index is -4.66. The van der Waals surface area contributed by atoms with Crippen LogP contribution in [0.4, 0.5) is 0 Å². The molecule has 0 aromatic heterocycles. The Balaban J connectivity index is 4.22. The summed E-state index contributed by atoms with van der Waals surface area (Å²) in [6.07, 6.45) is 14.1. The molecule has 0 aromatic carbocycles. The van der Waals surface area contributed by atoms with Gasteiger partial charge in [-0.05, 0) is 32.1 Å². The van der Waals surface area contributed by atoms with Crippen LogP contribution in [0.2, 0.25) is 0 Å². The number of unbranched alkanes of at least 4 members (excludes halogenated alkanes) is 8. The van der Waals surface area contributed by atoms with Gasteiger partial charge < -0.3 is 25.2 Å². The molecule has 3 atom stereocenters. The van der Waals surface area contributed by atoms with Gasteiger partial charge in [0.2, 0.25) is 0 Å². The zero-order chi connectivity index (χ0) is 26.5. The molecule has 0 aliphatic rings. The van der Waals surface area contributed by atoms with E-state index in [4.69, 9.17) is 24.8 Å². The van der Waals surface area contributed by atoms with Crippen molar-refractivity contribution in [3.05, 3.63) is 12.2 Å². The van der Waals surface area contributed by atoms with E-state index in [2.05, 4.69) is 23.6 Å². The van der Waals surface area contributed by atoms with Gasteiger partial charge in [-0.25, -0.2) is 4.57 Å². The number of phosphoric ester groups is 1. The number of carbonyl (C=O) groups is 3. The molecule has 4 N–H and O–H groups in total. The first kappa shape index (κ1) is 33.2. The topological polar surface area (TPSA) is 172 Å². The second kappa shape index (κ2) is 20.4. The van der Waals surface area contributed by atoms with Gasteiger partial charge in [0.1, 0.15) is 12.6 Å². The molecular weight excluding hydrogens is 481 g/mol. The van der Waals surface area contributed by atoms with Gasteiger partial charge in [0.25, 0.3) is 0 Å². The average molecular weight is 524 g/mol. The minimum Gasteiger partial charge on any atom is -0.480 e. The molecule has 0 bridgehead atoms. The number of aliphatic carboxylic acids is 1. The van der Waals surface area contributed by atoms with Crippen molar-refractivity contribution >= 4 is 25.7 Å².